The largest absolute Gasteiger partial charge is 0.469 e. The number of carbonyl (C=O) groups is 1. The molecule has 5 unspecified atom stereocenters. The van der Waals surface area contributed by atoms with Crippen LogP contribution in [0.3, 0.4) is 0 Å². The number of rotatable bonds is 7. The maximum atomic E-state index is 11.6. The SMILES string of the molecule is COCC1=CCC2C(C)(C)C(O)CCC2(C)C1CCC(C)CC(=O)OC. The van der Waals surface area contributed by atoms with E-state index in [0.29, 0.717) is 30.8 Å². The smallest absolute Gasteiger partial charge is 0.305 e. The molecule has 0 saturated heterocycles. The second-order valence-electron chi connectivity index (χ2n) is 9.40. The van der Waals surface area contributed by atoms with Crippen LogP contribution in [0.4, 0.5) is 0 Å². The first-order chi connectivity index (χ1) is 12.2. The molecule has 1 fully saturated rings. The fraction of sp³-hybridized carbons (Fsp3) is 0.864. The summed E-state index contributed by atoms with van der Waals surface area (Å²) in [5.74, 6) is 1.12. The summed E-state index contributed by atoms with van der Waals surface area (Å²) in [5.41, 5.74) is 1.51. The maximum Gasteiger partial charge on any atom is 0.305 e. The van der Waals surface area contributed by atoms with E-state index in [4.69, 9.17) is 9.47 Å². The number of carbonyl (C=O) groups excluding carboxylic acids is 1. The Bertz CT molecular complexity index is 524. The Balaban J connectivity index is 2.20. The minimum absolute atomic E-state index is 0.0714. The van der Waals surface area contributed by atoms with Crippen LogP contribution in [0, 0.1) is 28.6 Å². The summed E-state index contributed by atoms with van der Waals surface area (Å²) in [4.78, 5) is 11.6. The molecular formula is C22H38O4. The fourth-order valence-corrected chi connectivity index (χ4v) is 5.66. The first-order valence-corrected chi connectivity index (χ1v) is 10.1. The van der Waals surface area contributed by atoms with Crippen molar-refractivity contribution in [1.82, 2.24) is 0 Å². The molecule has 0 aromatic carbocycles. The first kappa shape index (κ1) is 21.4. The van der Waals surface area contributed by atoms with E-state index in [2.05, 4.69) is 33.8 Å². The van der Waals surface area contributed by atoms with Crippen LogP contribution in [0.1, 0.15) is 66.2 Å². The van der Waals surface area contributed by atoms with Crippen LogP contribution >= 0.6 is 0 Å². The molecule has 26 heavy (non-hydrogen) atoms. The van der Waals surface area contributed by atoms with Gasteiger partial charge in [-0.3, -0.25) is 4.79 Å². The highest BCUT2D eigenvalue weighted by molar-refractivity contribution is 5.69. The Morgan fingerprint density at radius 2 is 2.04 bits per heavy atom. The van der Waals surface area contributed by atoms with Crippen molar-refractivity contribution in [2.45, 2.75) is 72.3 Å². The van der Waals surface area contributed by atoms with Crippen LogP contribution in [0.25, 0.3) is 0 Å². The molecule has 2 rings (SSSR count). The lowest BCUT2D eigenvalue weighted by Crippen LogP contribution is -2.54. The van der Waals surface area contributed by atoms with Crippen LogP contribution in [0.15, 0.2) is 11.6 Å². The summed E-state index contributed by atoms with van der Waals surface area (Å²) in [6.45, 7) is 9.69. The van der Waals surface area contributed by atoms with Gasteiger partial charge in [-0.1, -0.05) is 33.8 Å². The predicted octanol–water partition coefficient (Wildman–Crippen LogP) is 4.36. The minimum atomic E-state index is -0.225. The van der Waals surface area contributed by atoms with Gasteiger partial charge in [0.2, 0.25) is 0 Å². The van der Waals surface area contributed by atoms with Gasteiger partial charge in [0.15, 0.2) is 0 Å². The van der Waals surface area contributed by atoms with Gasteiger partial charge >= 0.3 is 5.97 Å². The molecular weight excluding hydrogens is 328 g/mol. The molecule has 4 heteroatoms. The molecule has 0 amide bonds. The van der Waals surface area contributed by atoms with Crippen molar-refractivity contribution in [3.8, 4) is 0 Å². The molecule has 0 aromatic rings. The summed E-state index contributed by atoms with van der Waals surface area (Å²) < 4.78 is 10.3. The normalized spacial score (nSPS) is 34.6. The minimum Gasteiger partial charge on any atom is -0.469 e. The molecule has 0 spiro atoms. The van der Waals surface area contributed by atoms with Crippen LogP contribution in [-0.4, -0.2) is 38.0 Å². The number of ether oxygens (including phenoxy) is 2. The lowest BCUT2D eigenvalue weighted by Gasteiger charge is -2.58. The van der Waals surface area contributed by atoms with Gasteiger partial charge in [-0.15, -0.1) is 0 Å². The summed E-state index contributed by atoms with van der Waals surface area (Å²) in [7, 11) is 3.22. The molecule has 0 aromatic heterocycles. The molecule has 4 nitrogen and oxygen atoms in total. The molecule has 2 aliphatic carbocycles. The second-order valence-corrected chi connectivity index (χ2v) is 9.40. The molecule has 0 heterocycles. The van der Waals surface area contributed by atoms with Crippen molar-refractivity contribution in [2.75, 3.05) is 20.8 Å². The van der Waals surface area contributed by atoms with Crippen molar-refractivity contribution >= 4 is 5.97 Å². The van der Waals surface area contributed by atoms with Gasteiger partial charge in [-0.2, -0.15) is 0 Å². The van der Waals surface area contributed by atoms with Gasteiger partial charge in [0.05, 0.1) is 19.8 Å². The zero-order chi connectivity index (χ0) is 19.5. The van der Waals surface area contributed by atoms with E-state index in [0.717, 1.165) is 32.1 Å². The quantitative estimate of drug-likeness (QED) is 0.537. The highest BCUT2D eigenvalue weighted by atomic mass is 16.5. The lowest BCUT2D eigenvalue weighted by molar-refractivity contribution is -0.141. The highest BCUT2D eigenvalue weighted by Crippen LogP contribution is 2.60. The highest BCUT2D eigenvalue weighted by Gasteiger charge is 2.55. The fourth-order valence-electron chi connectivity index (χ4n) is 5.66. The van der Waals surface area contributed by atoms with Crippen molar-refractivity contribution in [2.24, 2.45) is 28.6 Å². The van der Waals surface area contributed by atoms with E-state index < -0.39 is 0 Å². The van der Waals surface area contributed by atoms with Crippen LogP contribution in [0.5, 0.6) is 0 Å². The average Bonchev–Trinajstić information content (AvgIpc) is 2.58. The molecule has 1 N–H and O–H groups in total. The molecule has 1 saturated carbocycles. The summed E-state index contributed by atoms with van der Waals surface area (Å²) in [5, 5.41) is 10.6. The van der Waals surface area contributed by atoms with Crippen molar-refractivity contribution in [1.29, 1.82) is 0 Å². The third-order valence-corrected chi connectivity index (χ3v) is 7.37. The summed E-state index contributed by atoms with van der Waals surface area (Å²) >= 11 is 0. The number of esters is 1. The summed E-state index contributed by atoms with van der Waals surface area (Å²) in [6, 6.07) is 0. The van der Waals surface area contributed by atoms with E-state index >= 15 is 0 Å². The van der Waals surface area contributed by atoms with Gasteiger partial charge in [-0.05, 0) is 66.3 Å². The number of fused-ring (bicyclic) bond motifs is 1. The number of hydrogen-bond donors (Lipinski definition) is 1. The van der Waals surface area contributed by atoms with Gasteiger partial charge < -0.3 is 14.6 Å². The zero-order valence-corrected chi connectivity index (χ0v) is 17.5. The standard InChI is InChI=1S/C22H38O4/c1-15(13-20(24)26-6)7-9-17-16(14-25-5)8-10-18-21(2,3)19(23)11-12-22(17,18)4/h8,15,17-19,23H,7,9-14H2,1-6H3. The number of aliphatic hydroxyl groups excluding tert-OH is 1. The Labute approximate surface area is 159 Å². The third-order valence-electron chi connectivity index (χ3n) is 7.37. The van der Waals surface area contributed by atoms with Crippen LogP contribution in [-0.2, 0) is 14.3 Å². The maximum absolute atomic E-state index is 11.6. The Kier molecular flexibility index (Phi) is 6.95. The summed E-state index contributed by atoms with van der Waals surface area (Å²) in [6.07, 6.45) is 7.64. The number of hydrogen-bond acceptors (Lipinski definition) is 4. The third kappa shape index (κ3) is 4.17. The average molecular weight is 367 g/mol. The van der Waals surface area contributed by atoms with Gasteiger partial charge in [0.25, 0.3) is 0 Å². The van der Waals surface area contributed by atoms with Gasteiger partial charge in [0, 0.05) is 13.5 Å². The van der Waals surface area contributed by atoms with Gasteiger partial charge in [0.1, 0.15) is 0 Å². The monoisotopic (exact) mass is 366 g/mol. The molecule has 150 valence electrons. The lowest BCUT2D eigenvalue weighted by atomic mass is 9.47. The van der Waals surface area contributed by atoms with E-state index in [1.165, 1.54) is 12.7 Å². The van der Waals surface area contributed by atoms with E-state index in [1.807, 2.05) is 0 Å². The number of allylic oxidation sites excluding steroid dienone is 1. The van der Waals surface area contributed by atoms with Gasteiger partial charge in [-0.25, -0.2) is 0 Å². The van der Waals surface area contributed by atoms with Crippen molar-refractivity contribution < 1.29 is 19.4 Å². The van der Waals surface area contributed by atoms with Crippen LogP contribution in [0.2, 0.25) is 0 Å². The van der Waals surface area contributed by atoms with E-state index in [-0.39, 0.29) is 22.9 Å². The van der Waals surface area contributed by atoms with Crippen molar-refractivity contribution in [3.05, 3.63) is 11.6 Å². The van der Waals surface area contributed by atoms with E-state index in [9.17, 15) is 9.90 Å². The zero-order valence-electron chi connectivity index (χ0n) is 17.5. The van der Waals surface area contributed by atoms with Crippen molar-refractivity contribution in [3.63, 3.8) is 0 Å². The Hall–Kier alpha value is -0.870. The number of methoxy groups -OCH3 is 2. The Morgan fingerprint density at radius 3 is 2.65 bits per heavy atom. The second kappa shape index (κ2) is 8.43. The van der Waals surface area contributed by atoms with Crippen LogP contribution < -0.4 is 0 Å². The topological polar surface area (TPSA) is 55.8 Å². The molecule has 2 aliphatic rings. The molecule has 0 bridgehead atoms. The molecule has 0 radical (unpaired) electrons. The molecule has 5 atom stereocenters. The van der Waals surface area contributed by atoms with E-state index in [1.54, 1.807) is 7.11 Å². The first-order valence-electron chi connectivity index (χ1n) is 10.1. The Morgan fingerprint density at radius 1 is 1.35 bits per heavy atom. The molecule has 0 aliphatic heterocycles. The number of aliphatic hydroxyl groups is 1. The predicted molar refractivity (Wildman–Crippen MR) is 104 cm³/mol.